The van der Waals surface area contributed by atoms with Gasteiger partial charge in [-0.05, 0) is 80.2 Å². The first-order chi connectivity index (χ1) is 9.12. The molecule has 4 saturated carbocycles. The Kier molecular flexibility index (Phi) is 3.28. The Bertz CT molecular complexity index is 446. The van der Waals surface area contributed by atoms with Gasteiger partial charge in [-0.2, -0.15) is 0 Å². The van der Waals surface area contributed by atoms with E-state index in [1.165, 1.54) is 49.8 Å². The van der Waals surface area contributed by atoms with E-state index in [4.69, 9.17) is 11.6 Å². The summed E-state index contributed by atoms with van der Waals surface area (Å²) in [6, 6.07) is 4.24. The van der Waals surface area contributed by atoms with E-state index in [1.807, 2.05) is 6.07 Å². The zero-order chi connectivity index (χ0) is 13.0. The summed E-state index contributed by atoms with van der Waals surface area (Å²) in [4.78, 5) is 1.93. The van der Waals surface area contributed by atoms with Crippen LogP contribution in [-0.4, -0.2) is 0 Å². The van der Waals surface area contributed by atoms with E-state index in [0.717, 1.165) is 22.1 Å². The van der Waals surface area contributed by atoms with Crippen molar-refractivity contribution in [2.24, 2.45) is 23.2 Å². The average molecular weight is 360 g/mol. The lowest BCUT2D eigenvalue weighted by Crippen LogP contribution is -2.46. The fourth-order valence-electron chi connectivity index (χ4n) is 5.52. The maximum absolute atomic E-state index is 6.08. The highest BCUT2D eigenvalue weighted by atomic mass is 79.9. The second-order valence-corrected chi connectivity index (χ2v) is 10.1. The molecule has 0 spiro atoms. The van der Waals surface area contributed by atoms with E-state index in [1.54, 1.807) is 11.3 Å². The number of rotatable bonds is 3. The van der Waals surface area contributed by atoms with Crippen molar-refractivity contribution in [3.63, 3.8) is 0 Å². The predicted octanol–water partition coefficient (Wildman–Crippen LogP) is 6.44. The van der Waals surface area contributed by atoms with Crippen LogP contribution in [0.3, 0.4) is 0 Å². The van der Waals surface area contributed by atoms with Crippen molar-refractivity contribution < 1.29 is 0 Å². The molecule has 0 saturated heterocycles. The summed E-state index contributed by atoms with van der Waals surface area (Å²) in [7, 11) is 0. The van der Waals surface area contributed by atoms with E-state index in [9.17, 15) is 0 Å². The zero-order valence-corrected chi connectivity index (χ0v) is 14.2. The summed E-state index contributed by atoms with van der Waals surface area (Å²) in [5.74, 6) is 3.16. The molecule has 1 aromatic heterocycles. The highest BCUT2D eigenvalue weighted by molar-refractivity contribution is 9.09. The van der Waals surface area contributed by atoms with Crippen LogP contribution < -0.4 is 0 Å². The molecule has 4 aliphatic rings. The van der Waals surface area contributed by atoms with Gasteiger partial charge in [-0.1, -0.05) is 27.5 Å². The molecule has 104 valence electrons. The van der Waals surface area contributed by atoms with Gasteiger partial charge in [0, 0.05) is 9.70 Å². The van der Waals surface area contributed by atoms with Crippen molar-refractivity contribution in [1.29, 1.82) is 0 Å². The van der Waals surface area contributed by atoms with E-state index in [2.05, 4.69) is 22.0 Å². The van der Waals surface area contributed by atoms with Gasteiger partial charge >= 0.3 is 0 Å². The van der Waals surface area contributed by atoms with Gasteiger partial charge in [0.1, 0.15) is 0 Å². The van der Waals surface area contributed by atoms with Crippen LogP contribution in [0, 0.1) is 23.2 Å². The quantitative estimate of drug-likeness (QED) is 0.544. The number of hydrogen-bond donors (Lipinski definition) is 0. The van der Waals surface area contributed by atoms with Crippen molar-refractivity contribution in [3.05, 3.63) is 21.3 Å². The van der Waals surface area contributed by atoms with Crippen LogP contribution in [0.25, 0.3) is 0 Å². The second-order valence-electron chi connectivity index (χ2n) is 7.23. The number of alkyl halides is 1. The van der Waals surface area contributed by atoms with E-state index < -0.39 is 0 Å². The summed E-state index contributed by atoms with van der Waals surface area (Å²) in [5, 5.41) is 0. The maximum atomic E-state index is 6.08. The Hall–Kier alpha value is 0.470. The standard InChI is InChI=1S/C16H20BrClS/c17-13(14-1-2-15(18)19-14)9-16-6-10-3-11(7-16)5-12(4-10)8-16/h1-2,10-13H,3-9H2. The molecule has 1 atom stereocenters. The fourth-order valence-corrected chi connectivity index (χ4v) is 7.68. The van der Waals surface area contributed by atoms with E-state index in [-0.39, 0.29) is 0 Å². The Labute approximate surface area is 133 Å². The van der Waals surface area contributed by atoms with Gasteiger partial charge < -0.3 is 0 Å². The van der Waals surface area contributed by atoms with Gasteiger partial charge in [-0.3, -0.25) is 0 Å². The summed E-state index contributed by atoms with van der Waals surface area (Å²) in [6.45, 7) is 0. The predicted molar refractivity (Wildman–Crippen MR) is 86.2 cm³/mol. The minimum absolute atomic E-state index is 0.515. The average Bonchev–Trinajstić information content (AvgIpc) is 2.73. The lowest BCUT2D eigenvalue weighted by Gasteiger charge is -2.57. The van der Waals surface area contributed by atoms with Gasteiger partial charge in [-0.25, -0.2) is 0 Å². The topological polar surface area (TPSA) is 0 Å². The maximum Gasteiger partial charge on any atom is 0.0931 e. The van der Waals surface area contributed by atoms with Crippen molar-refractivity contribution in [3.8, 4) is 0 Å². The zero-order valence-electron chi connectivity index (χ0n) is 11.1. The lowest BCUT2D eigenvalue weighted by atomic mass is 9.48. The minimum atomic E-state index is 0.515. The third-order valence-corrected chi connectivity index (χ3v) is 8.14. The molecule has 0 aromatic carbocycles. The third kappa shape index (κ3) is 2.42. The Morgan fingerprint density at radius 2 is 1.74 bits per heavy atom. The van der Waals surface area contributed by atoms with E-state index in [0.29, 0.717) is 10.2 Å². The molecule has 0 aliphatic heterocycles. The molecule has 5 rings (SSSR count). The fraction of sp³-hybridized carbons (Fsp3) is 0.750. The van der Waals surface area contributed by atoms with Crippen molar-refractivity contribution >= 4 is 38.9 Å². The first kappa shape index (κ1) is 13.2. The summed E-state index contributed by atoms with van der Waals surface area (Å²) in [5.41, 5.74) is 0.652. The molecule has 0 nitrogen and oxygen atoms in total. The summed E-state index contributed by atoms with van der Waals surface area (Å²) >= 11 is 11.8. The first-order valence-corrected chi connectivity index (χ1v) is 9.62. The first-order valence-electron chi connectivity index (χ1n) is 7.51. The second kappa shape index (κ2) is 4.74. The van der Waals surface area contributed by atoms with Gasteiger partial charge in [-0.15, -0.1) is 11.3 Å². The SMILES string of the molecule is Clc1ccc(C(Br)CC23CC4CC(CC(C4)C2)C3)s1. The normalized spacial score (nSPS) is 41.7. The monoisotopic (exact) mass is 358 g/mol. The van der Waals surface area contributed by atoms with Crippen LogP contribution in [-0.2, 0) is 0 Å². The lowest BCUT2D eigenvalue weighted by molar-refractivity contribution is -0.0570. The Morgan fingerprint density at radius 1 is 1.16 bits per heavy atom. The third-order valence-electron chi connectivity index (χ3n) is 5.68. The van der Waals surface area contributed by atoms with Gasteiger partial charge in [0.25, 0.3) is 0 Å². The van der Waals surface area contributed by atoms with Crippen molar-refractivity contribution in [2.45, 2.75) is 49.8 Å². The molecule has 3 heteroatoms. The molecule has 4 fully saturated rings. The largest absolute Gasteiger partial charge is 0.127 e. The summed E-state index contributed by atoms with van der Waals surface area (Å²) < 4.78 is 0.921. The molecule has 1 unspecified atom stereocenters. The van der Waals surface area contributed by atoms with Gasteiger partial charge in [0.2, 0.25) is 0 Å². The van der Waals surface area contributed by atoms with Crippen LogP contribution in [0.5, 0.6) is 0 Å². The van der Waals surface area contributed by atoms with Gasteiger partial charge in [0.15, 0.2) is 0 Å². The summed E-state index contributed by atoms with van der Waals surface area (Å²) in [6.07, 6.45) is 10.4. The van der Waals surface area contributed by atoms with Crippen molar-refractivity contribution in [2.75, 3.05) is 0 Å². The minimum Gasteiger partial charge on any atom is -0.127 e. The van der Waals surface area contributed by atoms with Crippen LogP contribution >= 0.6 is 38.9 Å². The Balaban J connectivity index is 1.53. The molecule has 1 heterocycles. The molecule has 4 bridgehead atoms. The molecular formula is C16H20BrClS. The number of hydrogen-bond acceptors (Lipinski definition) is 1. The Morgan fingerprint density at radius 3 is 2.21 bits per heavy atom. The highest BCUT2D eigenvalue weighted by Crippen LogP contribution is 2.63. The van der Waals surface area contributed by atoms with Gasteiger partial charge in [0.05, 0.1) is 4.34 Å². The van der Waals surface area contributed by atoms with Crippen molar-refractivity contribution in [1.82, 2.24) is 0 Å². The van der Waals surface area contributed by atoms with Crippen LogP contribution in [0.4, 0.5) is 0 Å². The molecule has 4 aliphatic carbocycles. The molecule has 0 radical (unpaired) electrons. The molecule has 19 heavy (non-hydrogen) atoms. The molecular weight excluding hydrogens is 340 g/mol. The molecule has 1 aromatic rings. The highest BCUT2D eigenvalue weighted by Gasteiger charge is 2.51. The molecule has 0 amide bonds. The van der Waals surface area contributed by atoms with E-state index >= 15 is 0 Å². The smallest absolute Gasteiger partial charge is 0.0931 e. The molecule has 0 N–H and O–H groups in total. The van der Waals surface area contributed by atoms with Crippen LogP contribution in [0.15, 0.2) is 12.1 Å². The van der Waals surface area contributed by atoms with Crippen LogP contribution in [0.2, 0.25) is 4.34 Å². The number of thiophene rings is 1. The number of halogens is 2. The van der Waals surface area contributed by atoms with Crippen LogP contribution in [0.1, 0.15) is 54.7 Å².